The van der Waals surface area contributed by atoms with E-state index in [-0.39, 0.29) is 17.0 Å². The summed E-state index contributed by atoms with van der Waals surface area (Å²) in [6.45, 7) is 0. The van der Waals surface area contributed by atoms with E-state index >= 15 is 0 Å². The molecule has 4 nitrogen and oxygen atoms in total. The number of carbonyl (C=O) groups is 2. The van der Waals surface area contributed by atoms with Gasteiger partial charge in [0.05, 0.1) is 5.75 Å². The van der Waals surface area contributed by atoms with Crippen molar-refractivity contribution in [1.82, 2.24) is 0 Å². The molecule has 1 unspecified atom stereocenters. The van der Waals surface area contributed by atoms with Crippen LogP contribution in [0.3, 0.4) is 0 Å². The molecule has 2 aliphatic heterocycles. The molecule has 0 aliphatic carbocycles. The molecule has 2 aromatic carbocycles. The minimum Gasteiger partial charge on any atom is -0.323 e. The highest BCUT2D eigenvalue weighted by molar-refractivity contribution is 8.02. The van der Waals surface area contributed by atoms with Crippen LogP contribution in [0.5, 0.6) is 0 Å². The molecule has 0 radical (unpaired) electrons. The first-order valence-corrected chi connectivity index (χ1v) is 8.18. The molecule has 2 aliphatic rings. The monoisotopic (exact) mass is 386 g/mol. The van der Waals surface area contributed by atoms with Crippen molar-refractivity contribution in [3.05, 3.63) is 58.9 Å². The van der Waals surface area contributed by atoms with Crippen LogP contribution in [0.15, 0.2) is 24.3 Å². The number of fused-ring (bicyclic) bond motifs is 2. The average molecular weight is 386 g/mol. The van der Waals surface area contributed by atoms with Crippen LogP contribution in [-0.4, -0.2) is 17.6 Å². The van der Waals surface area contributed by atoms with Gasteiger partial charge in [-0.2, -0.15) is 0 Å². The summed E-state index contributed by atoms with van der Waals surface area (Å²) >= 11 is 0.740. The molecule has 26 heavy (non-hydrogen) atoms. The van der Waals surface area contributed by atoms with E-state index in [0.29, 0.717) is 4.90 Å². The lowest BCUT2D eigenvalue weighted by molar-refractivity contribution is -0.122. The number of nitrogens with one attached hydrogen (secondary N) is 1. The lowest BCUT2D eigenvalue weighted by Gasteiger charge is -2.32. The molecule has 0 bridgehead atoms. The van der Waals surface area contributed by atoms with Gasteiger partial charge < -0.3 is 5.32 Å². The number of rotatable bonds is 1. The van der Waals surface area contributed by atoms with Crippen molar-refractivity contribution in [3.63, 3.8) is 0 Å². The molecule has 2 aromatic rings. The number of carbonyl (C=O) groups excluding carboxylic acids is 2. The van der Waals surface area contributed by atoms with Crippen molar-refractivity contribution in [1.29, 1.82) is 0 Å². The third kappa shape index (κ3) is 1.90. The molecule has 4 rings (SSSR count). The van der Waals surface area contributed by atoms with Crippen LogP contribution < -0.4 is 10.2 Å². The van der Waals surface area contributed by atoms with Crippen molar-refractivity contribution in [3.8, 4) is 0 Å². The van der Waals surface area contributed by atoms with Crippen molar-refractivity contribution >= 4 is 35.0 Å². The van der Waals surface area contributed by atoms with Gasteiger partial charge in [-0.25, -0.2) is 22.0 Å². The first-order valence-electron chi connectivity index (χ1n) is 7.20. The van der Waals surface area contributed by atoms with Gasteiger partial charge in [-0.1, -0.05) is 18.2 Å². The summed E-state index contributed by atoms with van der Waals surface area (Å²) in [6, 6.07) is 6.06. The van der Waals surface area contributed by atoms with Crippen LogP contribution in [0.1, 0.15) is 5.56 Å². The molecule has 134 valence electrons. The van der Waals surface area contributed by atoms with Crippen LogP contribution >= 0.6 is 11.8 Å². The van der Waals surface area contributed by atoms with Gasteiger partial charge in [0.2, 0.25) is 16.6 Å². The molecule has 2 heterocycles. The van der Waals surface area contributed by atoms with E-state index in [9.17, 15) is 31.5 Å². The number of halogens is 5. The Balaban J connectivity index is 2.04. The Morgan fingerprint density at radius 1 is 0.923 bits per heavy atom. The molecule has 1 saturated heterocycles. The largest absolute Gasteiger partial charge is 0.323 e. The van der Waals surface area contributed by atoms with Gasteiger partial charge in [-0.3, -0.25) is 14.5 Å². The second kappa shape index (κ2) is 5.44. The predicted octanol–water partition coefficient (Wildman–Crippen LogP) is 3.27. The van der Waals surface area contributed by atoms with E-state index in [1.807, 2.05) is 0 Å². The van der Waals surface area contributed by atoms with Crippen molar-refractivity contribution < 1.29 is 31.5 Å². The number of thioether (sulfide) groups is 1. The van der Waals surface area contributed by atoms with Gasteiger partial charge in [-0.05, 0) is 6.07 Å². The number of amides is 2. The zero-order chi connectivity index (χ0) is 18.8. The van der Waals surface area contributed by atoms with Gasteiger partial charge in [-0.15, -0.1) is 11.8 Å². The van der Waals surface area contributed by atoms with E-state index in [2.05, 4.69) is 5.32 Å². The van der Waals surface area contributed by atoms with Crippen LogP contribution in [0, 0.1) is 29.1 Å². The predicted molar refractivity (Wildman–Crippen MR) is 82.9 cm³/mol. The summed E-state index contributed by atoms with van der Waals surface area (Å²) in [5.74, 6) is -13.2. The molecule has 0 aromatic heterocycles. The molecule has 2 amide bonds. The second-order valence-electron chi connectivity index (χ2n) is 5.58. The minimum atomic E-state index is -2.34. The fourth-order valence-electron chi connectivity index (χ4n) is 3.12. The van der Waals surface area contributed by atoms with Crippen LogP contribution in [0.25, 0.3) is 0 Å². The molecule has 1 atom stereocenters. The Labute approximate surface area is 147 Å². The van der Waals surface area contributed by atoms with E-state index < -0.39 is 51.5 Å². The van der Waals surface area contributed by atoms with Gasteiger partial charge in [0.25, 0.3) is 5.91 Å². The number of benzene rings is 2. The first kappa shape index (κ1) is 16.8. The van der Waals surface area contributed by atoms with Gasteiger partial charge >= 0.3 is 0 Å². The maximum absolute atomic E-state index is 14.3. The minimum absolute atomic E-state index is 0.199. The third-order valence-corrected chi connectivity index (χ3v) is 5.62. The van der Waals surface area contributed by atoms with E-state index in [1.165, 1.54) is 18.2 Å². The molecule has 1 N–H and O–H groups in total. The molecule has 10 heteroatoms. The quantitative estimate of drug-likeness (QED) is 0.465. The number of hydrogen-bond acceptors (Lipinski definition) is 3. The summed E-state index contributed by atoms with van der Waals surface area (Å²) in [5.41, 5.74) is -0.957. The van der Waals surface area contributed by atoms with E-state index in [1.54, 1.807) is 6.07 Å². The highest BCUT2D eigenvalue weighted by Crippen LogP contribution is 2.54. The second-order valence-corrected chi connectivity index (χ2v) is 6.75. The fraction of sp³-hybridized carbons (Fsp3) is 0.125. The van der Waals surface area contributed by atoms with Crippen molar-refractivity contribution in [2.45, 2.75) is 4.87 Å². The normalized spacial score (nSPS) is 21.5. The highest BCUT2D eigenvalue weighted by atomic mass is 32.2. The van der Waals surface area contributed by atoms with Crippen molar-refractivity contribution in [2.75, 3.05) is 16.0 Å². The van der Waals surface area contributed by atoms with Crippen LogP contribution in [-0.2, 0) is 14.5 Å². The maximum atomic E-state index is 14.3. The molecular formula is C16H7F5N2O2S. The Morgan fingerprint density at radius 2 is 1.50 bits per heavy atom. The summed E-state index contributed by atoms with van der Waals surface area (Å²) in [5, 5.41) is 2.47. The molecule has 0 saturated carbocycles. The summed E-state index contributed by atoms with van der Waals surface area (Å²) in [7, 11) is 0. The Bertz CT molecular complexity index is 970. The fourth-order valence-corrected chi connectivity index (χ4v) is 4.42. The van der Waals surface area contributed by atoms with Gasteiger partial charge in [0.15, 0.2) is 23.3 Å². The Morgan fingerprint density at radius 3 is 2.15 bits per heavy atom. The van der Waals surface area contributed by atoms with Crippen LogP contribution in [0.2, 0.25) is 0 Å². The maximum Gasteiger partial charge on any atom is 0.266 e. The van der Waals surface area contributed by atoms with Crippen LogP contribution in [0.4, 0.5) is 33.3 Å². The van der Waals surface area contributed by atoms with E-state index in [0.717, 1.165) is 11.8 Å². The summed E-state index contributed by atoms with van der Waals surface area (Å²) < 4.78 is 69.3. The molecular weight excluding hydrogens is 379 g/mol. The topological polar surface area (TPSA) is 49.4 Å². The Kier molecular flexibility index (Phi) is 3.52. The van der Waals surface area contributed by atoms with Gasteiger partial charge in [0, 0.05) is 11.3 Å². The zero-order valence-electron chi connectivity index (χ0n) is 12.6. The van der Waals surface area contributed by atoms with Crippen molar-refractivity contribution in [2.24, 2.45) is 0 Å². The standard InChI is InChI=1S/C16H7F5N2O2S/c17-9-10(18)12(20)14(13(21)11(9)19)23-8(24)5-26-16(23)6-3-1-2-4-7(6)22-15(16)25/h1-4H,5H2,(H,22,25). The number of hydrogen-bond donors (Lipinski definition) is 1. The first-order chi connectivity index (χ1) is 12.3. The van der Waals surface area contributed by atoms with E-state index in [4.69, 9.17) is 0 Å². The smallest absolute Gasteiger partial charge is 0.266 e. The van der Waals surface area contributed by atoms with Gasteiger partial charge in [0.1, 0.15) is 5.69 Å². The molecule has 1 fully saturated rings. The lowest BCUT2D eigenvalue weighted by atomic mass is 10.0. The number of anilines is 2. The molecule has 1 spiro atoms. The number of nitrogens with zero attached hydrogens (tertiary/aromatic N) is 1. The third-order valence-electron chi connectivity index (χ3n) is 4.23. The number of para-hydroxylation sites is 1. The zero-order valence-corrected chi connectivity index (χ0v) is 13.4. The summed E-state index contributed by atoms with van der Waals surface area (Å²) in [6.07, 6.45) is 0. The highest BCUT2D eigenvalue weighted by Gasteiger charge is 2.60. The Hall–Kier alpha value is -2.62. The lowest BCUT2D eigenvalue weighted by Crippen LogP contribution is -2.48. The summed E-state index contributed by atoms with van der Waals surface area (Å²) in [4.78, 5) is 23.4. The average Bonchev–Trinajstić information content (AvgIpc) is 3.11. The SMILES string of the molecule is O=C1CSC2(C(=O)Nc3ccccc32)N1c1c(F)c(F)c(F)c(F)c1F.